The van der Waals surface area contributed by atoms with Crippen LogP contribution in [0.25, 0.3) is 11.1 Å². The van der Waals surface area contributed by atoms with Crippen molar-refractivity contribution in [2.75, 3.05) is 6.54 Å². The van der Waals surface area contributed by atoms with Crippen LogP contribution in [0.15, 0.2) is 36.4 Å². The SMILES string of the molecule is N=S(=O)(N[C@H]1CCN(C(=O)C(O)C2CC2)[C@H]1Cc1cccc(-c2cc(F)cc(F)c2)c1F)C(F)(F)F. The molecule has 0 spiro atoms. The molecule has 13 heteroatoms. The molecule has 2 aliphatic rings. The summed E-state index contributed by atoms with van der Waals surface area (Å²) in [5, 5.41) is 10.3. The van der Waals surface area contributed by atoms with Crippen LogP contribution >= 0.6 is 0 Å². The number of carbonyl (C=O) groups excluding carboxylic acids is 1. The molecule has 3 N–H and O–H groups in total. The van der Waals surface area contributed by atoms with Crippen LogP contribution in [-0.2, 0) is 21.1 Å². The van der Waals surface area contributed by atoms with E-state index < -0.39 is 57.0 Å². The Balaban J connectivity index is 1.68. The van der Waals surface area contributed by atoms with Crippen molar-refractivity contribution in [1.29, 1.82) is 4.78 Å². The molecule has 0 radical (unpaired) electrons. The Bertz CT molecular complexity index is 1250. The molecule has 6 nitrogen and oxygen atoms in total. The highest BCUT2D eigenvalue weighted by molar-refractivity contribution is 7.91. The van der Waals surface area contributed by atoms with Gasteiger partial charge in [-0.15, -0.1) is 0 Å². The van der Waals surface area contributed by atoms with E-state index in [1.54, 1.807) is 4.72 Å². The molecular formula is C23H23F6N3O3S. The van der Waals surface area contributed by atoms with Crippen LogP contribution in [0.4, 0.5) is 26.3 Å². The lowest BCUT2D eigenvalue weighted by atomic mass is 9.95. The number of rotatable bonds is 7. The van der Waals surface area contributed by atoms with E-state index in [1.165, 1.54) is 18.2 Å². The van der Waals surface area contributed by atoms with E-state index in [0.717, 1.165) is 17.0 Å². The Morgan fingerprint density at radius 1 is 1.14 bits per heavy atom. The molecule has 196 valence electrons. The molecular weight excluding hydrogens is 512 g/mol. The Morgan fingerprint density at radius 3 is 2.36 bits per heavy atom. The molecule has 1 aliphatic heterocycles. The molecule has 0 aromatic heterocycles. The molecule has 2 fully saturated rings. The number of amides is 1. The van der Waals surface area contributed by atoms with E-state index in [4.69, 9.17) is 4.78 Å². The molecule has 1 heterocycles. The fourth-order valence-electron chi connectivity index (χ4n) is 4.48. The molecule has 2 aromatic carbocycles. The molecule has 1 saturated heterocycles. The summed E-state index contributed by atoms with van der Waals surface area (Å²) in [6.07, 6.45) is -0.617. The average molecular weight is 536 g/mol. The van der Waals surface area contributed by atoms with Crippen LogP contribution in [0.5, 0.6) is 0 Å². The minimum atomic E-state index is -5.38. The summed E-state index contributed by atoms with van der Waals surface area (Å²) in [5.74, 6) is -3.77. The van der Waals surface area contributed by atoms with Gasteiger partial charge in [0.15, 0.2) is 0 Å². The Morgan fingerprint density at radius 2 is 1.78 bits per heavy atom. The third-order valence-corrected chi connectivity index (χ3v) is 7.76. The lowest BCUT2D eigenvalue weighted by Gasteiger charge is -2.31. The molecule has 4 rings (SSSR count). The zero-order valence-corrected chi connectivity index (χ0v) is 19.5. The number of nitrogens with zero attached hydrogens (tertiary/aromatic N) is 1. The van der Waals surface area contributed by atoms with E-state index in [9.17, 15) is 36.1 Å². The van der Waals surface area contributed by atoms with Gasteiger partial charge in [-0.3, -0.25) is 4.79 Å². The van der Waals surface area contributed by atoms with Crippen LogP contribution in [-0.4, -0.2) is 50.4 Å². The summed E-state index contributed by atoms with van der Waals surface area (Å²) in [6, 6.07) is 3.98. The number of aliphatic hydroxyl groups excluding tert-OH is 1. The number of halogens is 6. The topological polar surface area (TPSA) is 93.5 Å². The Kier molecular flexibility index (Phi) is 7.10. The number of likely N-dealkylation sites (tertiary alicyclic amines) is 1. The van der Waals surface area contributed by atoms with Gasteiger partial charge >= 0.3 is 5.51 Å². The van der Waals surface area contributed by atoms with Crippen molar-refractivity contribution in [1.82, 2.24) is 9.62 Å². The van der Waals surface area contributed by atoms with Crippen LogP contribution in [0.2, 0.25) is 0 Å². The van der Waals surface area contributed by atoms with E-state index in [2.05, 4.69) is 0 Å². The highest BCUT2D eigenvalue weighted by Crippen LogP contribution is 2.36. The van der Waals surface area contributed by atoms with E-state index >= 15 is 4.39 Å². The summed E-state index contributed by atoms with van der Waals surface area (Å²) in [6.45, 7) is -0.102. The normalized spacial score (nSPS) is 22.9. The van der Waals surface area contributed by atoms with Gasteiger partial charge in [0.25, 0.3) is 5.91 Å². The largest absolute Gasteiger partial charge is 0.492 e. The number of alkyl halides is 3. The predicted octanol–water partition coefficient (Wildman–Crippen LogP) is 4.12. The standard InChI is InChI=1S/C23H23F6N3O3S/c24-15-8-14(9-16(25)11-15)17-3-1-2-13(20(17)26)10-19-18(31-36(30,35)23(27,28)29)6-7-32(19)22(34)21(33)12-4-5-12/h1-3,8-9,11-12,18-19,21,33H,4-7,10H2,(H2,30,31,35)/t18-,19-,21?,36?/m0/s1. The van der Waals surface area contributed by atoms with Crippen LogP contribution in [0, 0.1) is 28.1 Å². The highest BCUT2D eigenvalue weighted by Gasteiger charge is 2.48. The number of hydrogen-bond donors (Lipinski definition) is 3. The van der Waals surface area contributed by atoms with Gasteiger partial charge in [0, 0.05) is 24.2 Å². The quantitative estimate of drug-likeness (QED) is 0.466. The smallest absolute Gasteiger partial charge is 0.383 e. The lowest BCUT2D eigenvalue weighted by molar-refractivity contribution is -0.142. The minimum Gasteiger partial charge on any atom is -0.383 e. The molecule has 1 amide bonds. The Labute approximate surface area is 203 Å². The first-order valence-electron chi connectivity index (χ1n) is 11.1. The van der Waals surface area contributed by atoms with E-state index in [0.29, 0.717) is 18.9 Å². The van der Waals surface area contributed by atoms with Crippen molar-refractivity contribution in [3.8, 4) is 11.1 Å². The maximum absolute atomic E-state index is 15.5. The summed E-state index contributed by atoms with van der Waals surface area (Å²) in [7, 11) is -5.28. The number of carbonyl (C=O) groups is 1. The first-order chi connectivity index (χ1) is 16.8. The first-order valence-corrected chi connectivity index (χ1v) is 12.7. The fourth-order valence-corrected chi connectivity index (χ4v) is 5.31. The maximum Gasteiger partial charge on any atom is 0.492 e. The van der Waals surface area contributed by atoms with Crippen LogP contribution < -0.4 is 4.72 Å². The van der Waals surface area contributed by atoms with Gasteiger partial charge in [-0.2, -0.15) is 13.2 Å². The monoisotopic (exact) mass is 535 g/mol. The van der Waals surface area contributed by atoms with E-state index in [-0.39, 0.29) is 42.0 Å². The molecule has 2 aromatic rings. The summed E-state index contributed by atoms with van der Waals surface area (Å²) < 4.78 is 103. The average Bonchev–Trinajstić information content (AvgIpc) is 3.55. The number of benzene rings is 2. The predicted molar refractivity (Wildman–Crippen MR) is 118 cm³/mol. The van der Waals surface area contributed by atoms with Crippen molar-refractivity contribution in [2.45, 2.75) is 49.4 Å². The third-order valence-electron chi connectivity index (χ3n) is 6.48. The van der Waals surface area contributed by atoms with Gasteiger partial charge in [0.1, 0.15) is 23.6 Å². The summed E-state index contributed by atoms with van der Waals surface area (Å²) in [4.78, 5) is 14.0. The zero-order valence-electron chi connectivity index (χ0n) is 18.7. The second kappa shape index (κ2) is 9.67. The van der Waals surface area contributed by atoms with Gasteiger partial charge in [-0.1, -0.05) is 18.2 Å². The first kappa shape index (κ1) is 26.4. The Hall–Kier alpha value is -2.64. The van der Waals surface area contributed by atoms with Gasteiger partial charge in [0.05, 0.1) is 6.04 Å². The van der Waals surface area contributed by atoms with E-state index in [1.807, 2.05) is 0 Å². The maximum atomic E-state index is 15.5. The molecule has 1 saturated carbocycles. The molecule has 2 unspecified atom stereocenters. The molecule has 4 atom stereocenters. The summed E-state index contributed by atoms with van der Waals surface area (Å²) >= 11 is 0. The van der Waals surface area contributed by atoms with Gasteiger partial charge in [0.2, 0.25) is 9.92 Å². The summed E-state index contributed by atoms with van der Waals surface area (Å²) in [5.41, 5.74) is -5.71. The highest BCUT2D eigenvalue weighted by atomic mass is 32.2. The van der Waals surface area contributed by atoms with Gasteiger partial charge < -0.3 is 10.0 Å². The molecule has 0 bridgehead atoms. The second-order valence-corrected chi connectivity index (χ2v) is 10.8. The van der Waals surface area contributed by atoms with Crippen molar-refractivity contribution in [2.24, 2.45) is 5.92 Å². The third kappa shape index (κ3) is 5.37. The van der Waals surface area contributed by atoms with Crippen LogP contribution in [0.1, 0.15) is 24.8 Å². The number of nitrogens with one attached hydrogen (secondary N) is 2. The second-order valence-electron chi connectivity index (χ2n) is 9.04. The molecule has 36 heavy (non-hydrogen) atoms. The number of hydrogen-bond acceptors (Lipinski definition) is 4. The lowest BCUT2D eigenvalue weighted by Crippen LogP contribution is -2.52. The number of aliphatic hydroxyl groups is 1. The van der Waals surface area contributed by atoms with Crippen molar-refractivity contribution < 1.29 is 40.5 Å². The van der Waals surface area contributed by atoms with Gasteiger partial charge in [-0.25, -0.2) is 26.9 Å². The van der Waals surface area contributed by atoms with Crippen LogP contribution in [0.3, 0.4) is 0 Å². The van der Waals surface area contributed by atoms with Crippen molar-refractivity contribution >= 4 is 15.8 Å². The van der Waals surface area contributed by atoms with Crippen molar-refractivity contribution in [3.05, 3.63) is 59.4 Å². The fraction of sp³-hybridized carbons (Fsp3) is 0.435. The zero-order chi connectivity index (χ0) is 26.4. The van der Waals surface area contributed by atoms with Gasteiger partial charge in [-0.05, 0) is 54.9 Å². The molecule has 1 aliphatic carbocycles. The van der Waals surface area contributed by atoms with Crippen molar-refractivity contribution in [3.63, 3.8) is 0 Å². The minimum absolute atomic E-state index is 0.0712.